The van der Waals surface area contributed by atoms with E-state index in [2.05, 4.69) is 24.4 Å². The van der Waals surface area contributed by atoms with Gasteiger partial charge in [-0.1, -0.05) is 30.3 Å². The number of carbonyl (C=O) groups is 1. The molecule has 1 heterocycles. The first-order valence-electron chi connectivity index (χ1n) is 5.65. The number of nitrogens with one attached hydrogen (secondary N) is 1. The van der Waals surface area contributed by atoms with Crippen molar-refractivity contribution in [3.05, 3.63) is 35.9 Å². The third-order valence-electron chi connectivity index (χ3n) is 3.60. The van der Waals surface area contributed by atoms with Gasteiger partial charge in [0.1, 0.15) is 0 Å². The summed E-state index contributed by atoms with van der Waals surface area (Å²) in [6.45, 7) is 2.99. The first kappa shape index (κ1) is 11.1. The monoisotopic (exact) mass is 219 g/mol. The van der Waals surface area contributed by atoms with Gasteiger partial charge in [0.2, 0.25) is 0 Å². The van der Waals surface area contributed by atoms with Crippen molar-refractivity contribution in [2.24, 2.45) is 5.92 Å². The Kier molecular flexibility index (Phi) is 2.97. The average molecular weight is 219 g/mol. The molecular formula is C13H17NO2. The topological polar surface area (TPSA) is 49.3 Å². The first-order chi connectivity index (χ1) is 7.63. The third kappa shape index (κ3) is 1.95. The van der Waals surface area contributed by atoms with Gasteiger partial charge in [-0.15, -0.1) is 0 Å². The Morgan fingerprint density at radius 3 is 2.81 bits per heavy atom. The highest BCUT2D eigenvalue weighted by Crippen LogP contribution is 2.37. The molecule has 0 spiro atoms. The summed E-state index contributed by atoms with van der Waals surface area (Å²) in [4.78, 5) is 10.8. The Morgan fingerprint density at radius 2 is 2.19 bits per heavy atom. The lowest BCUT2D eigenvalue weighted by molar-refractivity contribution is -0.138. The molecule has 86 valence electrons. The lowest BCUT2D eigenvalue weighted by atomic mass is 9.79. The molecule has 3 nitrogen and oxygen atoms in total. The maximum Gasteiger partial charge on any atom is 0.303 e. The van der Waals surface area contributed by atoms with Crippen molar-refractivity contribution in [3.63, 3.8) is 0 Å². The van der Waals surface area contributed by atoms with E-state index in [0.29, 0.717) is 0 Å². The fourth-order valence-electron chi connectivity index (χ4n) is 2.58. The van der Waals surface area contributed by atoms with Gasteiger partial charge in [-0.2, -0.15) is 0 Å². The Morgan fingerprint density at radius 1 is 1.50 bits per heavy atom. The fraction of sp³-hybridized carbons (Fsp3) is 0.462. The molecule has 0 aromatic heterocycles. The molecule has 1 aromatic carbocycles. The van der Waals surface area contributed by atoms with Crippen LogP contribution in [0, 0.1) is 5.92 Å². The van der Waals surface area contributed by atoms with Crippen LogP contribution in [0.5, 0.6) is 0 Å². The van der Waals surface area contributed by atoms with E-state index in [0.717, 1.165) is 13.0 Å². The van der Waals surface area contributed by atoms with E-state index in [-0.39, 0.29) is 17.9 Å². The molecule has 2 unspecified atom stereocenters. The number of carboxylic acid groups (broad SMARTS) is 1. The van der Waals surface area contributed by atoms with Gasteiger partial charge >= 0.3 is 5.97 Å². The summed E-state index contributed by atoms with van der Waals surface area (Å²) in [7, 11) is 0. The molecule has 0 bridgehead atoms. The van der Waals surface area contributed by atoms with Gasteiger partial charge in [0.25, 0.3) is 0 Å². The Bertz CT molecular complexity index is 377. The van der Waals surface area contributed by atoms with Crippen molar-refractivity contribution in [2.75, 3.05) is 6.54 Å². The second kappa shape index (κ2) is 4.26. The summed E-state index contributed by atoms with van der Waals surface area (Å²) in [5.41, 5.74) is 0.985. The zero-order valence-electron chi connectivity index (χ0n) is 9.44. The van der Waals surface area contributed by atoms with E-state index < -0.39 is 5.97 Å². The smallest absolute Gasteiger partial charge is 0.303 e. The van der Waals surface area contributed by atoms with Crippen molar-refractivity contribution in [1.29, 1.82) is 0 Å². The van der Waals surface area contributed by atoms with Crippen LogP contribution in [0.2, 0.25) is 0 Å². The standard InChI is InChI=1S/C13H17NO2/c1-13(10-5-3-2-4-6-10)11(7-8-14-13)9-12(15)16/h2-6,11,14H,7-9H2,1H3,(H,15,16). The van der Waals surface area contributed by atoms with E-state index >= 15 is 0 Å². The van der Waals surface area contributed by atoms with Gasteiger partial charge in [-0.3, -0.25) is 4.79 Å². The molecule has 3 heteroatoms. The SMILES string of the molecule is CC1(c2ccccc2)NCCC1CC(=O)O. The number of benzene rings is 1. The third-order valence-corrected chi connectivity index (χ3v) is 3.60. The van der Waals surface area contributed by atoms with Crippen molar-refractivity contribution in [2.45, 2.75) is 25.3 Å². The van der Waals surface area contributed by atoms with E-state index in [9.17, 15) is 4.79 Å². The lowest BCUT2D eigenvalue weighted by Crippen LogP contribution is -2.39. The first-order valence-corrected chi connectivity index (χ1v) is 5.65. The highest BCUT2D eigenvalue weighted by Gasteiger charge is 2.40. The van der Waals surface area contributed by atoms with Gasteiger partial charge in [0.05, 0.1) is 6.42 Å². The Hall–Kier alpha value is -1.35. The molecule has 16 heavy (non-hydrogen) atoms. The van der Waals surface area contributed by atoms with Gasteiger partial charge in [-0.25, -0.2) is 0 Å². The van der Waals surface area contributed by atoms with Crippen molar-refractivity contribution >= 4 is 5.97 Å². The fourth-order valence-corrected chi connectivity index (χ4v) is 2.58. The average Bonchev–Trinajstić information content (AvgIpc) is 2.62. The minimum absolute atomic E-state index is 0.174. The van der Waals surface area contributed by atoms with Crippen LogP contribution < -0.4 is 5.32 Å². The summed E-state index contributed by atoms with van der Waals surface area (Å²) in [5.74, 6) is -0.539. The second-order valence-electron chi connectivity index (χ2n) is 4.58. The molecule has 0 aliphatic carbocycles. The molecule has 0 saturated carbocycles. The molecule has 1 saturated heterocycles. The largest absolute Gasteiger partial charge is 0.481 e. The molecule has 0 radical (unpaired) electrons. The minimum atomic E-state index is -0.712. The predicted octanol–water partition coefficient (Wildman–Crippen LogP) is 1.99. The number of hydrogen-bond acceptors (Lipinski definition) is 2. The highest BCUT2D eigenvalue weighted by molar-refractivity contribution is 5.67. The summed E-state index contributed by atoms with van der Waals surface area (Å²) < 4.78 is 0. The molecular weight excluding hydrogens is 202 g/mol. The number of rotatable bonds is 3. The van der Waals surface area contributed by atoms with E-state index in [1.54, 1.807) is 0 Å². The van der Waals surface area contributed by atoms with Crippen LogP contribution in [0.1, 0.15) is 25.3 Å². The predicted molar refractivity (Wildman–Crippen MR) is 62.2 cm³/mol. The van der Waals surface area contributed by atoms with Crippen LogP contribution in [-0.2, 0) is 10.3 Å². The minimum Gasteiger partial charge on any atom is -0.481 e. The molecule has 0 amide bonds. The van der Waals surface area contributed by atoms with Crippen LogP contribution >= 0.6 is 0 Å². The Labute approximate surface area is 95.5 Å². The van der Waals surface area contributed by atoms with Crippen molar-refractivity contribution < 1.29 is 9.90 Å². The number of carboxylic acids is 1. The molecule has 2 atom stereocenters. The van der Waals surface area contributed by atoms with Crippen LogP contribution in [0.4, 0.5) is 0 Å². The normalized spacial score (nSPS) is 29.2. The number of aliphatic carboxylic acids is 1. The maximum absolute atomic E-state index is 10.8. The lowest BCUT2D eigenvalue weighted by Gasteiger charge is -2.31. The molecule has 1 aliphatic rings. The van der Waals surface area contributed by atoms with Gasteiger partial charge < -0.3 is 10.4 Å². The van der Waals surface area contributed by atoms with Crippen molar-refractivity contribution in [1.82, 2.24) is 5.32 Å². The highest BCUT2D eigenvalue weighted by atomic mass is 16.4. The quantitative estimate of drug-likeness (QED) is 0.817. The van der Waals surface area contributed by atoms with E-state index in [1.165, 1.54) is 5.56 Å². The van der Waals surface area contributed by atoms with Gasteiger partial charge in [0, 0.05) is 5.54 Å². The van der Waals surface area contributed by atoms with Crippen LogP contribution in [0.3, 0.4) is 0 Å². The molecule has 2 rings (SSSR count). The zero-order chi connectivity index (χ0) is 11.6. The molecule has 1 aromatic rings. The molecule has 1 fully saturated rings. The van der Waals surface area contributed by atoms with Gasteiger partial charge in [-0.05, 0) is 31.4 Å². The summed E-state index contributed by atoms with van der Waals surface area (Å²) in [6, 6.07) is 10.1. The van der Waals surface area contributed by atoms with E-state index in [1.807, 2.05) is 18.2 Å². The zero-order valence-corrected chi connectivity index (χ0v) is 9.44. The van der Waals surface area contributed by atoms with Crippen LogP contribution in [0.15, 0.2) is 30.3 Å². The van der Waals surface area contributed by atoms with E-state index in [4.69, 9.17) is 5.11 Å². The summed E-state index contributed by atoms with van der Waals surface area (Å²) in [6.07, 6.45) is 1.16. The van der Waals surface area contributed by atoms with Crippen molar-refractivity contribution in [3.8, 4) is 0 Å². The summed E-state index contributed by atoms with van der Waals surface area (Å²) in [5, 5.41) is 12.4. The molecule has 1 aliphatic heterocycles. The Balaban J connectivity index is 2.26. The summed E-state index contributed by atoms with van der Waals surface area (Å²) >= 11 is 0. The van der Waals surface area contributed by atoms with Crippen LogP contribution in [-0.4, -0.2) is 17.6 Å². The second-order valence-corrected chi connectivity index (χ2v) is 4.58. The molecule has 2 N–H and O–H groups in total. The van der Waals surface area contributed by atoms with Gasteiger partial charge in [0.15, 0.2) is 0 Å². The number of hydrogen-bond donors (Lipinski definition) is 2. The van der Waals surface area contributed by atoms with Crippen LogP contribution in [0.25, 0.3) is 0 Å². The maximum atomic E-state index is 10.8.